The van der Waals surface area contributed by atoms with E-state index >= 15 is 0 Å². The number of hydrogen-bond donors (Lipinski definition) is 1. The summed E-state index contributed by atoms with van der Waals surface area (Å²) >= 11 is 0. The highest BCUT2D eigenvalue weighted by Crippen LogP contribution is 2.24. The predicted molar refractivity (Wildman–Crippen MR) is 95.7 cm³/mol. The molecular formula is C19H16FN5. The minimum Gasteiger partial charge on any atom is -0.339 e. The van der Waals surface area contributed by atoms with Gasteiger partial charge in [0.25, 0.3) is 0 Å². The topological polar surface area (TPSA) is 63.1 Å². The lowest BCUT2D eigenvalue weighted by atomic mass is 10.1. The molecule has 0 aliphatic carbocycles. The summed E-state index contributed by atoms with van der Waals surface area (Å²) in [5.74, 6) is 1.01. The number of halogens is 1. The Morgan fingerprint density at radius 1 is 1.04 bits per heavy atom. The summed E-state index contributed by atoms with van der Waals surface area (Å²) in [6.07, 6.45) is 5.36. The highest BCUT2D eigenvalue weighted by Gasteiger charge is 2.11. The van der Waals surface area contributed by atoms with E-state index in [1.54, 1.807) is 31.5 Å². The molecule has 124 valence electrons. The summed E-state index contributed by atoms with van der Waals surface area (Å²) < 4.78 is 13.5. The highest BCUT2D eigenvalue weighted by atomic mass is 19.1. The van der Waals surface area contributed by atoms with E-state index in [1.165, 1.54) is 6.07 Å². The van der Waals surface area contributed by atoms with Gasteiger partial charge in [-0.2, -0.15) is 0 Å². The SMILES string of the molecule is Cc1cc(-c2ncc(C)c(Nc3cnc4c(c3)C=NC4)n2)ccc1F. The molecule has 25 heavy (non-hydrogen) atoms. The van der Waals surface area contributed by atoms with E-state index in [9.17, 15) is 4.39 Å². The fourth-order valence-electron chi connectivity index (χ4n) is 2.68. The second kappa shape index (κ2) is 6.05. The number of pyridine rings is 1. The Labute approximate surface area is 144 Å². The number of nitrogens with one attached hydrogen (secondary N) is 1. The Morgan fingerprint density at radius 2 is 1.92 bits per heavy atom. The van der Waals surface area contributed by atoms with Crippen LogP contribution in [0.1, 0.15) is 22.4 Å². The molecule has 1 N–H and O–H groups in total. The molecule has 0 bridgehead atoms. The van der Waals surface area contributed by atoms with Crippen molar-refractivity contribution in [1.29, 1.82) is 0 Å². The van der Waals surface area contributed by atoms with E-state index < -0.39 is 0 Å². The Morgan fingerprint density at radius 3 is 2.76 bits per heavy atom. The van der Waals surface area contributed by atoms with Crippen molar-refractivity contribution in [2.24, 2.45) is 4.99 Å². The average Bonchev–Trinajstić information content (AvgIpc) is 3.07. The molecule has 0 amide bonds. The van der Waals surface area contributed by atoms with Crippen LogP contribution in [0.25, 0.3) is 11.4 Å². The molecular weight excluding hydrogens is 317 g/mol. The standard InChI is InChI=1S/C19H16FN5/c1-11-5-13(3-4-16(11)20)19-23-7-12(2)18(25-19)24-15-6-14-8-21-10-17(14)22-9-15/h3-9H,10H2,1-2H3,(H,23,24,25). The second-order valence-corrected chi connectivity index (χ2v) is 6.04. The summed E-state index contributed by atoms with van der Waals surface area (Å²) in [5, 5.41) is 3.29. The van der Waals surface area contributed by atoms with Crippen molar-refractivity contribution in [3.05, 3.63) is 64.9 Å². The molecule has 0 saturated carbocycles. The van der Waals surface area contributed by atoms with Crippen LogP contribution in [0.15, 0.2) is 41.7 Å². The summed E-state index contributed by atoms with van der Waals surface area (Å²) in [7, 11) is 0. The predicted octanol–water partition coefficient (Wildman–Crippen LogP) is 3.97. The number of hydrogen-bond acceptors (Lipinski definition) is 5. The van der Waals surface area contributed by atoms with E-state index in [4.69, 9.17) is 0 Å². The molecule has 0 unspecified atom stereocenters. The smallest absolute Gasteiger partial charge is 0.161 e. The molecule has 0 saturated heterocycles. The van der Waals surface area contributed by atoms with Crippen LogP contribution in [0.2, 0.25) is 0 Å². The van der Waals surface area contributed by atoms with E-state index in [2.05, 4.69) is 25.3 Å². The van der Waals surface area contributed by atoms with Crippen molar-refractivity contribution in [2.45, 2.75) is 20.4 Å². The zero-order chi connectivity index (χ0) is 17.4. The third-order valence-corrected chi connectivity index (χ3v) is 4.13. The largest absolute Gasteiger partial charge is 0.339 e. The van der Waals surface area contributed by atoms with Crippen LogP contribution >= 0.6 is 0 Å². The molecule has 0 fully saturated rings. The van der Waals surface area contributed by atoms with Crippen LogP contribution < -0.4 is 5.32 Å². The molecule has 0 atom stereocenters. The third-order valence-electron chi connectivity index (χ3n) is 4.13. The quantitative estimate of drug-likeness (QED) is 0.788. The highest BCUT2D eigenvalue weighted by molar-refractivity contribution is 5.85. The molecule has 1 aliphatic heterocycles. The van der Waals surface area contributed by atoms with E-state index in [-0.39, 0.29) is 5.82 Å². The minimum atomic E-state index is -0.236. The first-order chi connectivity index (χ1) is 12.1. The maximum atomic E-state index is 13.5. The fourth-order valence-corrected chi connectivity index (χ4v) is 2.68. The summed E-state index contributed by atoms with van der Waals surface area (Å²) in [5.41, 5.74) is 5.10. The second-order valence-electron chi connectivity index (χ2n) is 6.04. The minimum absolute atomic E-state index is 0.236. The maximum Gasteiger partial charge on any atom is 0.161 e. The van der Waals surface area contributed by atoms with Gasteiger partial charge in [0.05, 0.1) is 24.1 Å². The molecule has 0 spiro atoms. The fraction of sp³-hybridized carbons (Fsp3) is 0.158. The van der Waals surface area contributed by atoms with Crippen molar-refractivity contribution in [1.82, 2.24) is 15.0 Å². The van der Waals surface area contributed by atoms with Gasteiger partial charge >= 0.3 is 0 Å². The lowest BCUT2D eigenvalue weighted by Gasteiger charge is -2.11. The molecule has 6 heteroatoms. The van der Waals surface area contributed by atoms with Gasteiger partial charge in [-0.05, 0) is 43.7 Å². The number of fused-ring (bicyclic) bond motifs is 1. The zero-order valence-corrected chi connectivity index (χ0v) is 13.9. The van der Waals surface area contributed by atoms with Gasteiger partial charge in [0.15, 0.2) is 5.82 Å². The lowest BCUT2D eigenvalue weighted by Crippen LogP contribution is -2.02. The molecule has 4 rings (SSSR count). The normalized spacial score (nSPS) is 12.3. The van der Waals surface area contributed by atoms with Gasteiger partial charge in [-0.25, -0.2) is 14.4 Å². The van der Waals surface area contributed by atoms with Crippen LogP contribution in [0.4, 0.5) is 15.9 Å². The molecule has 0 radical (unpaired) electrons. The van der Waals surface area contributed by atoms with Crippen LogP contribution in [0, 0.1) is 19.7 Å². The Bertz CT molecular complexity index is 997. The number of aliphatic imine (C=N–C) groups is 1. The lowest BCUT2D eigenvalue weighted by molar-refractivity contribution is 0.618. The average molecular weight is 333 g/mol. The van der Waals surface area contributed by atoms with Gasteiger partial charge in [-0.1, -0.05) is 0 Å². The Balaban J connectivity index is 1.68. The first kappa shape index (κ1) is 15.4. The van der Waals surface area contributed by atoms with Gasteiger partial charge in [0, 0.05) is 29.1 Å². The number of nitrogens with zero attached hydrogens (tertiary/aromatic N) is 4. The van der Waals surface area contributed by atoms with Gasteiger partial charge < -0.3 is 5.32 Å². The molecule has 3 aromatic rings. The van der Waals surface area contributed by atoms with Crippen molar-refractivity contribution in [3.63, 3.8) is 0 Å². The number of anilines is 2. The first-order valence-corrected chi connectivity index (χ1v) is 7.96. The number of aromatic nitrogens is 3. The van der Waals surface area contributed by atoms with Gasteiger partial charge in [-0.3, -0.25) is 9.98 Å². The Kier molecular flexibility index (Phi) is 3.72. The van der Waals surface area contributed by atoms with Crippen LogP contribution in [-0.2, 0) is 6.54 Å². The van der Waals surface area contributed by atoms with Gasteiger partial charge in [0.2, 0.25) is 0 Å². The third kappa shape index (κ3) is 2.98. The molecule has 2 aromatic heterocycles. The number of aryl methyl sites for hydroxylation is 2. The Hall–Kier alpha value is -3.15. The molecule has 1 aromatic carbocycles. The van der Waals surface area contributed by atoms with Crippen LogP contribution in [0.5, 0.6) is 0 Å². The molecule has 3 heterocycles. The van der Waals surface area contributed by atoms with Gasteiger partial charge in [0.1, 0.15) is 11.6 Å². The number of rotatable bonds is 3. The zero-order valence-electron chi connectivity index (χ0n) is 13.9. The first-order valence-electron chi connectivity index (χ1n) is 7.96. The van der Waals surface area contributed by atoms with E-state index in [1.807, 2.05) is 19.2 Å². The summed E-state index contributed by atoms with van der Waals surface area (Å²) in [6.45, 7) is 4.30. The van der Waals surface area contributed by atoms with Crippen molar-refractivity contribution >= 4 is 17.7 Å². The van der Waals surface area contributed by atoms with Crippen molar-refractivity contribution in [2.75, 3.05) is 5.32 Å². The molecule has 1 aliphatic rings. The maximum absolute atomic E-state index is 13.5. The molecule has 5 nitrogen and oxygen atoms in total. The summed E-state index contributed by atoms with van der Waals surface area (Å²) in [6, 6.07) is 6.87. The van der Waals surface area contributed by atoms with Crippen molar-refractivity contribution < 1.29 is 4.39 Å². The van der Waals surface area contributed by atoms with E-state index in [0.717, 1.165) is 28.1 Å². The van der Waals surface area contributed by atoms with Crippen LogP contribution in [0.3, 0.4) is 0 Å². The van der Waals surface area contributed by atoms with E-state index in [0.29, 0.717) is 23.8 Å². The van der Waals surface area contributed by atoms with Crippen LogP contribution in [-0.4, -0.2) is 21.2 Å². The van der Waals surface area contributed by atoms with Gasteiger partial charge in [-0.15, -0.1) is 0 Å². The number of benzene rings is 1. The monoisotopic (exact) mass is 333 g/mol. The van der Waals surface area contributed by atoms with Crippen molar-refractivity contribution in [3.8, 4) is 11.4 Å². The summed E-state index contributed by atoms with van der Waals surface area (Å²) in [4.78, 5) is 17.6.